The number of aliphatic carboxylic acids is 1. The highest BCUT2D eigenvalue weighted by Gasteiger charge is 2.43. The monoisotopic (exact) mass is 408 g/mol. The molecule has 7 unspecified atom stereocenters. The van der Waals surface area contributed by atoms with E-state index in [1.54, 1.807) is 0 Å². The second kappa shape index (κ2) is 10.3. The number of hydrogen-bond donors (Lipinski definition) is 1. The predicted octanol–water partition coefficient (Wildman–Crippen LogP) is 6.04. The Hall–Kier alpha value is -1.06. The van der Waals surface area contributed by atoms with Crippen LogP contribution in [0.1, 0.15) is 87.0 Å². The summed E-state index contributed by atoms with van der Waals surface area (Å²) in [5.41, 5.74) is 0. The van der Waals surface area contributed by atoms with Crippen molar-refractivity contribution < 1.29 is 19.4 Å². The minimum Gasteiger partial charge on any atom is -0.481 e. The first-order chi connectivity index (χ1) is 13.5. The molecular formula is C25H44O4. The SMILES string of the molecule is CC1CC(C)C(C(CC(C)C(C)C)OC(=O)C2CCC(C)CC2C(=O)O)C(C)C1. The highest BCUT2D eigenvalue weighted by atomic mass is 16.5. The Morgan fingerprint density at radius 2 is 1.48 bits per heavy atom. The second-order valence-electron chi connectivity index (χ2n) is 11.0. The van der Waals surface area contributed by atoms with E-state index in [2.05, 4.69) is 48.5 Å². The average Bonchev–Trinajstić information content (AvgIpc) is 2.60. The summed E-state index contributed by atoms with van der Waals surface area (Å²) >= 11 is 0. The molecule has 1 N–H and O–H groups in total. The highest BCUT2D eigenvalue weighted by molar-refractivity contribution is 5.81. The molecule has 7 atom stereocenters. The fourth-order valence-electron chi connectivity index (χ4n) is 6.07. The van der Waals surface area contributed by atoms with Crippen LogP contribution in [0.5, 0.6) is 0 Å². The zero-order valence-electron chi connectivity index (χ0n) is 19.7. The molecule has 0 radical (unpaired) electrons. The Kier molecular flexibility index (Phi) is 8.60. The van der Waals surface area contributed by atoms with Gasteiger partial charge in [0, 0.05) is 5.92 Å². The lowest BCUT2D eigenvalue weighted by Gasteiger charge is -2.43. The Labute approximate surface area is 178 Å². The molecule has 0 bridgehead atoms. The van der Waals surface area contributed by atoms with Crippen molar-refractivity contribution >= 4 is 11.9 Å². The smallest absolute Gasteiger partial charge is 0.310 e. The molecule has 2 aliphatic rings. The lowest BCUT2D eigenvalue weighted by atomic mass is 9.66. The molecule has 2 rings (SSSR count). The van der Waals surface area contributed by atoms with Crippen molar-refractivity contribution in [2.45, 2.75) is 93.1 Å². The molecule has 0 aromatic rings. The van der Waals surface area contributed by atoms with Crippen LogP contribution >= 0.6 is 0 Å². The van der Waals surface area contributed by atoms with Crippen molar-refractivity contribution in [3.63, 3.8) is 0 Å². The molecule has 4 heteroatoms. The van der Waals surface area contributed by atoms with Crippen LogP contribution in [-0.4, -0.2) is 23.1 Å². The maximum absolute atomic E-state index is 13.2. The van der Waals surface area contributed by atoms with Gasteiger partial charge in [-0.15, -0.1) is 0 Å². The summed E-state index contributed by atoms with van der Waals surface area (Å²) < 4.78 is 6.24. The van der Waals surface area contributed by atoms with E-state index in [1.807, 2.05) is 0 Å². The van der Waals surface area contributed by atoms with Gasteiger partial charge >= 0.3 is 11.9 Å². The maximum atomic E-state index is 13.2. The highest BCUT2D eigenvalue weighted by Crippen LogP contribution is 2.43. The van der Waals surface area contributed by atoms with E-state index >= 15 is 0 Å². The molecule has 2 fully saturated rings. The van der Waals surface area contributed by atoms with E-state index in [4.69, 9.17) is 4.74 Å². The molecule has 168 valence electrons. The number of carboxylic acid groups (broad SMARTS) is 1. The van der Waals surface area contributed by atoms with Crippen molar-refractivity contribution in [3.05, 3.63) is 0 Å². The van der Waals surface area contributed by atoms with Gasteiger partial charge < -0.3 is 9.84 Å². The summed E-state index contributed by atoms with van der Waals surface area (Å²) in [6, 6.07) is 0. The first-order valence-corrected chi connectivity index (χ1v) is 11.9. The lowest BCUT2D eigenvalue weighted by Crippen LogP contribution is -2.43. The van der Waals surface area contributed by atoms with E-state index in [0.717, 1.165) is 12.8 Å². The maximum Gasteiger partial charge on any atom is 0.310 e. The van der Waals surface area contributed by atoms with Gasteiger partial charge in [0.1, 0.15) is 6.10 Å². The van der Waals surface area contributed by atoms with Crippen LogP contribution in [0.15, 0.2) is 0 Å². The molecule has 4 nitrogen and oxygen atoms in total. The predicted molar refractivity (Wildman–Crippen MR) is 116 cm³/mol. The van der Waals surface area contributed by atoms with Crippen LogP contribution in [0.4, 0.5) is 0 Å². The van der Waals surface area contributed by atoms with Gasteiger partial charge in [-0.2, -0.15) is 0 Å². The van der Waals surface area contributed by atoms with Crippen molar-refractivity contribution in [3.8, 4) is 0 Å². The summed E-state index contributed by atoms with van der Waals surface area (Å²) in [5.74, 6) is 1.27. The summed E-state index contributed by atoms with van der Waals surface area (Å²) in [4.78, 5) is 25.0. The molecule has 0 spiro atoms. The Morgan fingerprint density at radius 3 is 2.00 bits per heavy atom. The summed E-state index contributed by atoms with van der Waals surface area (Å²) in [6.07, 6.45) is 5.25. The standard InChI is InChI=1S/C25H44O4/c1-14(2)17(5)13-22(23-18(6)10-16(4)11-19(23)7)29-25(28)20-9-8-15(3)12-21(20)24(26)27/h14-23H,8-13H2,1-7H3,(H,26,27). The van der Waals surface area contributed by atoms with Crippen molar-refractivity contribution in [1.29, 1.82) is 0 Å². The number of carbonyl (C=O) groups excluding carboxylic acids is 1. The molecule has 2 saturated carbocycles. The number of rotatable bonds is 7. The van der Waals surface area contributed by atoms with Crippen LogP contribution < -0.4 is 0 Å². The van der Waals surface area contributed by atoms with Crippen LogP contribution in [-0.2, 0) is 14.3 Å². The molecule has 0 amide bonds. The van der Waals surface area contributed by atoms with Gasteiger partial charge in [-0.3, -0.25) is 9.59 Å². The Morgan fingerprint density at radius 1 is 0.897 bits per heavy atom. The molecular weight excluding hydrogens is 364 g/mol. The topological polar surface area (TPSA) is 63.6 Å². The third-order valence-corrected chi connectivity index (χ3v) is 8.03. The minimum atomic E-state index is -0.848. The normalized spacial score (nSPS) is 37.7. The quantitative estimate of drug-likeness (QED) is 0.522. The Balaban J connectivity index is 2.20. The fraction of sp³-hybridized carbons (Fsp3) is 0.920. The number of esters is 1. The van der Waals surface area contributed by atoms with Gasteiger partial charge in [0.15, 0.2) is 0 Å². The van der Waals surface area contributed by atoms with Gasteiger partial charge in [-0.1, -0.05) is 48.5 Å². The van der Waals surface area contributed by atoms with Crippen molar-refractivity contribution in [2.75, 3.05) is 0 Å². The molecule has 0 heterocycles. The second-order valence-corrected chi connectivity index (χ2v) is 11.0. The number of carboxylic acids is 1. The lowest BCUT2D eigenvalue weighted by molar-refractivity contribution is -0.170. The van der Waals surface area contributed by atoms with Gasteiger partial charge in [0.2, 0.25) is 0 Å². The molecule has 29 heavy (non-hydrogen) atoms. The van der Waals surface area contributed by atoms with E-state index in [0.29, 0.717) is 54.3 Å². The van der Waals surface area contributed by atoms with Gasteiger partial charge in [-0.05, 0) is 74.0 Å². The zero-order valence-corrected chi connectivity index (χ0v) is 19.7. The average molecular weight is 409 g/mol. The molecule has 2 aliphatic carbocycles. The molecule has 0 aliphatic heterocycles. The zero-order chi connectivity index (χ0) is 21.9. The van der Waals surface area contributed by atoms with E-state index in [1.165, 1.54) is 12.8 Å². The third-order valence-electron chi connectivity index (χ3n) is 8.03. The number of carbonyl (C=O) groups is 2. The summed E-state index contributed by atoms with van der Waals surface area (Å²) in [5, 5.41) is 9.68. The van der Waals surface area contributed by atoms with E-state index < -0.39 is 17.8 Å². The van der Waals surface area contributed by atoms with Crippen LogP contribution in [0.2, 0.25) is 0 Å². The minimum absolute atomic E-state index is 0.105. The van der Waals surface area contributed by atoms with Crippen LogP contribution in [0.3, 0.4) is 0 Å². The van der Waals surface area contributed by atoms with Crippen LogP contribution in [0, 0.1) is 53.3 Å². The molecule has 0 aromatic heterocycles. The van der Waals surface area contributed by atoms with E-state index in [-0.39, 0.29) is 12.1 Å². The van der Waals surface area contributed by atoms with Gasteiger partial charge in [-0.25, -0.2) is 0 Å². The fourth-order valence-corrected chi connectivity index (χ4v) is 6.07. The first kappa shape index (κ1) is 24.2. The Bertz CT molecular complexity index is 545. The van der Waals surface area contributed by atoms with E-state index in [9.17, 15) is 14.7 Å². The van der Waals surface area contributed by atoms with Gasteiger partial charge in [0.05, 0.1) is 11.8 Å². The van der Waals surface area contributed by atoms with Crippen molar-refractivity contribution in [2.24, 2.45) is 53.3 Å². The number of hydrogen-bond acceptors (Lipinski definition) is 3. The molecule has 0 aromatic carbocycles. The molecule has 0 saturated heterocycles. The number of ether oxygens (including phenoxy) is 1. The summed E-state index contributed by atoms with van der Waals surface area (Å²) in [6.45, 7) is 15.7. The van der Waals surface area contributed by atoms with Crippen molar-refractivity contribution in [1.82, 2.24) is 0 Å². The summed E-state index contributed by atoms with van der Waals surface area (Å²) in [7, 11) is 0. The van der Waals surface area contributed by atoms with Gasteiger partial charge in [0.25, 0.3) is 0 Å². The van der Waals surface area contributed by atoms with Crippen LogP contribution in [0.25, 0.3) is 0 Å². The third kappa shape index (κ3) is 6.21. The first-order valence-electron chi connectivity index (χ1n) is 11.9. The largest absolute Gasteiger partial charge is 0.481 e.